The molecule has 1 aromatic carbocycles. The molecule has 0 unspecified atom stereocenters. The van der Waals surface area contributed by atoms with Crippen LogP contribution in [0.2, 0.25) is 0 Å². The molecule has 0 saturated heterocycles. The summed E-state index contributed by atoms with van der Waals surface area (Å²) >= 11 is 0. The van der Waals surface area contributed by atoms with Crippen molar-refractivity contribution in [3.63, 3.8) is 0 Å². The Balaban J connectivity index is 2.00. The van der Waals surface area contributed by atoms with Gasteiger partial charge in [0.05, 0.1) is 24.3 Å². The first-order valence-electron chi connectivity index (χ1n) is 9.58. The Bertz CT molecular complexity index is 1100. The van der Waals surface area contributed by atoms with Gasteiger partial charge in [-0.25, -0.2) is 18.2 Å². The van der Waals surface area contributed by atoms with Crippen LogP contribution < -0.4 is 0 Å². The maximum Gasteiger partial charge on any atom is 0.416 e. The number of ether oxygens (including phenoxy) is 1. The summed E-state index contributed by atoms with van der Waals surface area (Å²) in [6.45, 7) is 5.14. The van der Waals surface area contributed by atoms with E-state index in [0.29, 0.717) is 11.4 Å². The second-order valence-electron chi connectivity index (χ2n) is 8.45. The lowest BCUT2D eigenvalue weighted by molar-refractivity contribution is -0.138. The number of fused-ring (bicyclic) bond motifs is 1. The van der Waals surface area contributed by atoms with Gasteiger partial charge in [-0.1, -0.05) is 18.2 Å². The molecule has 3 rings (SSSR count). The van der Waals surface area contributed by atoms with Gasteiger partial charge in [0.1, 0.15) is 5.60 Å². The highest BCUT2D eigenvalue weighted by Crippen LogP contribution is 2.33. The smallest absolute Gasteiger partial charge is 0.416 e. The summed E-state index contributed by atoms with van der Waals surface area (Å²) in [5.41, 5.74) is -0.757. The highest BCUT2D eigenvalue weighted by molar-refractivity contribution is 7.90. The second-order valence-corrected chi connectivity index (χ2v) is 10.4. The molecule has 1 aliphatic rings. The van der Waals surface area contributed by atoms with Gasteiger partial charge in [0.2, 0.25) is 15.0 Å². The molecule has 170 valence electrons. The fourth-order valence-electron chi connectivity index (χ4n) is 3.45. The maximum atomic E-state index is 13.4. The molecular weight excluding hydrogens is 435 g/mol. The van der Waals surface area contributed by atoms with Crippen molar-refractivity contribution in [1.82, 2.24) is 14.5 Å². The third kappa shape index (κ3) is 5.20. The maximum absolute atomic E-state index is 13.4. The summed E-state index contributed by atoms with van der Waals surface area (Å²) in [6, 6.07) is 5.03. The van der Waals surface area contributed by atoms with Crippen LogP contribution in [0.4, 0.5) is 18.0 Å². The van der Waals surface area contributed by atoms with E-state index >= 15 is 0 Å². The minimum absolute atomic E-state index is 0.0146. The monoisotopic (exact) mass is 459 g/mol. The number of nitrogens with zero attached hydrogens (tertiary/aromatic N) is 3. The van der Waals surface area contributed by atoms with Crippen LogP contribution in [-0.2, 0) is 40.3 Å². The number of aromatic nitrogens is 2. The Labute approximate surface area is 178 Å². The molecular formula is C20H24F3N3O4S. The number of halogens is 3. The van der Waals surface area contributed by atoms with Gasteiger partial charge in [0.25, 0.3) is 0 Å². The van der Waals surface area contributed by atoms with Crippen molar-refractivity contribution >= 4 is 15.9 Å². The van der Waals surface area contributed by atoms with E-state index in [2.05, 4.69) is 4.98 Å². The fraction of sp³-hybridized carbons (Fsp3) is 0.500. The van der Waals surface area contributed by atoms with Crippen LogP contribution in [0.3, 0.4) is 0 Å². The summed E-state index contributed by atoms with van der Waals surface area (Å²) in [6.07, 6.45) is -3.93. The molecule has 0 N–H and O–H groups in total. The van der Waals surface area contributed by atoms with Crippen molar-refractivity contribution in [2.24, 2.45) is 0 Å². The van der Waals surface area contributed by atoms with Gasteiger partial charge in [-0.15, -0.1) is 0 Å². The van der Waals surface area contributed by atoms with E-state index in [-0.39, 0.29) is 36.8 Å². The SMILES string of the molecule is CC(C)(C)OC(=O)N1CCc2c(nc(S(C)(=O)=O)n2Cc2ccccc2C(F)(F)F)C1. The highest BCUT2D eigenvalue weighted by Gasteiger charge is 2.35. The summed E-state index contributed by atoms with van der Waals surface area (Å²) in [5.74, 6) is 0. The van der Waals surface area contributed by atoms with Gasteiger partial charge < -0.3 is 14.2 Å². The van der Waals surface area contributed by atoms with E-state index in [9.17, 15) is 26.4 Å². The number of hydrogen-bond donors (Lipinski definition) is 0. The van der Waals surface area contributed by atoms with Crippen LogP contribution >= 0.6 is 0 Å². The Kier molecular flexibility index (Phi) is 5.85. The Morgan fingerprint density at radius 1 is 1.19 bits per heavy atom. The van der Waals surface area contributed by atoms with Gasteiger partial charge in [-0.05, 0) is 32.4 Å². The lowest BCUT2D eigenvalue weighted by Gasteiger charge is -2.30. The Morgan fingerprint density at radius 2 is 1.84 bits per heavy atom. The first-order chi connectivity index (χ1) is 14.2. The fourth-order valence-corrected chi connectivity index (χ4v) is 4.30. The molecule has 0 aliphatic carbocycles. The quantitative estimate of drug-likeness (QED) is 0.700. The normalized spacial score (nSPS) is 15.0. The summed E-state index contributed by atoms with van der Waals surface area (Å²) in [5, 5.41) is -0.319. The van der Waals surface area contributed by atoms with Gasteiger partial charge in [-0.2, -0.15) is 13.2 Å². The molecule has 1 amide bonds. The van der Waals surface area contributed by atoms with Crippen molar-refractivity contribution in [2.75, 3.05) is 12.8 Å². The van der Waals surface area contributed by atoms with Gasteiger partial charge in [-0.3, -0.25) is 0 Å². The van der Waals surface area contributed by atoms with Crippen LogP contribution in [0.25, 0.3) is 0 Å². The highest BCUT2D eigenvalue weighted by atomic mass is 32.2. The molecule has 0 spiro atoms. The number of amides is 1. The number of carbonyl (C=O) groups is 1. The van der Waals surface area contributed by atoms with Gasteiger partial charge in [0, 0.05) is 24.9 Å². The molecule has 1 aromatic heterocycles. The third-order valence-corrected chi connectivity index (χ3v) is 5.69. The lowest BCUT2D eigenvalue weighted by atomic mass is 10.1. The zero-order valence-corrected chi connectivity index (χ0v) is 18.5. The second kappa shape index (κ2) is 7.85. The number of alkyl halides is 3. The third-order valence-electron chi connectivity index (χ3n) is 4.71. The molecule has 11 heteroatoms. The van der Waals surface area contributed by atoms with E-state index in [4.69, 9.17) is 4.74 Å². The van der Waals surface area contributed by atoms with Crippen molar-refractivity contribution in [1.29, 1.82) is 0 Å². The Morgan fingerprint density at radius 3 is 2.42 bits per heavy atom. The van der Waals surface area contributed by atoms with E-state index in [1.165, 1.54) is 27.7 Å². The summed E-state index contributed by atoms with van der Waals surface area (Å²) in [4.78, 5) is 18.0. The van der Waals surface area contributed by atoms with Gasteiger partial charge >= 0.3 is 12.3 Å². The number of benzene rings is 1. The van der Waals surface area contributed by atoms with Crippen LogP contribution in [0.1, 0.15) is 43.3 Å². The number of hydrogen-bond acceptors (Lipinski definition) is 5. The predicted octanol–water partition coefficient (Wildman–Crippen LogP) is 3.65. The number of imidazole rings is 1. The first kappa shape index (κ1) is 23.1. The summed E-state index contributed by atoms with van der Waals surface area (Å²) in [7, 11) is -3.83. The van der Waals surface area contributed by atoms with Crippen molar-refractivity contribution in [2.45, 2.75) is 57.2 Å². The van der Waals surface area contributed by atoms with Crippen LogP contribution in [0.5, 0.6) is 0 Å². The minimum atomic E-state index is -4.57. The minimum Gasteiger partial charge on any atom is -0.444 e. The molecule has 0 radical (unpaired) electrons. The molecule has 31 heavy (non-hydrogen) atoms. The number of rotatable bonds is 3. The molecule has 1 aliphatic heterocycles. The molecule has 0 atom stereocenters. The van der Waals surface area contributed by atoms with Crippen molar-refractivity contribution in [3.8, 4) is 0 Å². The molecule has 0 saturated carbocycles. The standard InChI is InChI=1S/C20H24F3N3O4S/c1-19(2,3)30-18(27)25-10-9-16-15(12-25)24-17(31(4,28)29)26(16)11-13-7-5-6-8-14(13)20(21,22)23/h5-8H,9-12H2,1-4H3. The average Bonchev–Trinajstić information content (AvgIpc) is 2.98. The zero-order chi connectivity index (χ0) is 23.2. The molecule has 0 bridgehead atoms. The average molecular weight is 459 g/mol. The lowest BCUT2D eigenvalue weighted by Crippen LogP contribution is -2.40. The van der Waals surface area contributed by atoms with Gasteiger partial charge in [0.15, 0.2) is 0 Å². The van der Waals surface area contributed by atoms with E-state index in [1.54, 1.807) is 20.8 Å². The molecule has 2 aromatic rings. The van der Waals surface area contributed by atoms with Crippen LogP contribution in [0.15, 0.2) is 29.4 Å². The first-order valence-corrected chi connectivity index (χ1v) is 11.5. The molecule has 7 nitrogen and oxygen atoms in total. The topological polar surface area (TPSA) is 81.5 Å². The van der Waals surface area contributed by atoms with E-state index in [1.807, 2.05) is 0 Å². The molecule has 2 heterocycles. The van der Waals surface area contributed by atoms with E-state index in [0.717, 1.165) is 12.3 Å². The largest absolute Gasteiger partial charge is 0.444 e. The van der Waals surface area contributed by atoms with Crippen molar-refractivity contribution in [3.05, 3.63) is 46.8 Å². The van der Waals surface area contributed by atoms with E-state index < -0.39 is 33.3 Å². The number of carbonyl (C=O) groups excluding carboxylic acids is 1. The number of sulfone groups is 1. The predicted molar refractivity (Wildman–Crippen MR) is 106 cm³/mol. The zero-order valence-electron chi connectivity index (χ0n) is 17.7. The van der Waals surface area contributed by atoms with Crippen molar-refractivity contribution < 1.29 is 31.1 Å². The van der Waals surface area contributed by atoms with Crippen LogP contribution in [0, 0.1) is 0 Å². The Hall–Kier alpha value is -2.56. The summed E-state index contributed by atoms with van der Waals surface area (Å²) < 4.78 is 71.6. The molecule has 0 fully saturated rings. The van der Waals surface area contributed by atoms with Crippen LogP contribution in [-0.4, -0.2) is 47.4 Å².